The Balaban J connectivity index is 4.86. The van der Waals surface area contributed by atoms with E-state index in [0.29, 0.717) is 12.8 Å². The molecule has 0 bridgehead atoms. The molecule has 0 spiro atoms. The van der Waals surface area contributed by atoms with Gasteiger partial charge in [-0.25, -0.2) is 0 Å². The van der Waals surface area contributed by atoms with Crippen LogP contribution in [0.4, 0.5) is 13.2 Å². The lowest BCUT2D eigenvalue weighted by molar-refractivity contribution is -0.188. The van der Waals surface area contributed by atoms with Gasteiger partial charge in [0.05, 0.1) is 0 Å². The average molecular weight is 239 g/mol. The SMILES string of the molecule is CCC(CC)N(CC(C)C)C(=O)C(F)(F)F. The Hall–Kier alpha value is -0.740. The van der Waals surface area contributed by atoms with Crippen LogP contribution in [0.25, 0.3) is 0 Å². The van der Waals surface area contributed by atoms with E-state index in [1.54, 1.807) is 27.7 Å². The normalized spacial score (nSPS) is 12.3. The van der Waals surface area contributed by atoms with Crippen LogP contribution in [0.3, 0.4) is 0 Å². The van der Waals surface area contributed by atoms with Gasteiger partial charge in [-0.05, 0) is 18.8 Å². The molecule has 0 aliphatic carbocycles. The first-order valence-electron chi connectivity index (χ1n) is 5.61. The van der Waals surface area contributed by atoms with E-state index in [9.17, 15) is 18.0 Å². The molecule has 0 aromatic carbocycles. The van der Waals surface area contributed by atoms with Crippen molar-refractivity contribution >= 4 is 5.91 Å². The summed E-state index contributed by atoms with van der Waals surface area (Å²) in [6.45, 7) is 7.36. The molecule has 0 fully saturated rings. The first-order valence-corrected chi connectivity index (χ1v) is 5.61. The molecule has 0 aliphatic rings. The lowest BCUT2D eigenvalue weighted by atomic mass is 10.1. The first kappa shape index (κ1) is 15.3. The smallest absolute Gasteiger partial charge is 0.332 e. The largest absolute Gasteiger partial charge is 0.471 e. The molecular weight excluding hydrogens is 219 g/mol. The minimum atomic E-state index is -4.77. The van der Waals surface area contributed by atoms with Gasteiger partial charge in [0.25, 0.3) is 0 Å². The Bertz CT molecular complexity index is 222. The van der Waals surface area contributed by atoms with E-state index in [1.807, 2.05) is 0 Å². The Labute approximate surface area is 94.8 Å². The van der Waals surface area contributed by atoms with Gasteiger partial charge in [0.1, 0.15) is 0 Å². The third kappa shape index (κ3) is 4.41. The van der Waals surface area contributed by atoms with Gasteiger partial charge in [-0.2, -0.15) is 13.2 Å². The molecule has 0 saturated heterocycles. The van der Waals surface area contributed by atoms with E-state index < -0.39 is 12.1 Å². The van der Waals surface area contributed by atoms with Crippen molar-refractivity contribution in [1.82, 2.24) is 4.90 Å². The molecule has 0 heterocycles. The third-order valence-electron chi connectivity index (χ3n) is 2.45. The maximum absolute atomic E-state index is 12.4. The first-order chi connectivity index (χ1) is 7.23. The third-order valence-corrected chi connectivity index (χ3v) is 2.45. The highest BCUT2D eigenvalue weighted by molar-refractivity contribution is 5.82. The number of hydrogen-bond acceptors (Lipinski definition) is 1. The number of amides is 1. The van der Waals surface area contributed by atoms with Crippen LogP contribution in [0.15, 0.2) is 0 Å². The molecule has 0 saturated carbocycles. The zero-order valence-corrected chi connectivity index (χ0v) is 10.3. The zero-order chi connectivity index (χ0) is 12.9. The fourth-order valence-corrected chi connectivity index (χ4v) is 1.68. The Morgan fingerprint density at radius 1 is 1.19 bits per heavy atom. The van der Waals surface area contributed by atoms with Crippen molar-refractivity contribution in [1.29, 1.82) is 0 Å². The summed E-state index contributed by atoms with van der Waals surface area (Å²) in [5, 5.41) is 0. The highest BCUT2D eigenvalue weighted by atomic mass is 19.4. The van der Waals surface area contributed by atoms with Crippen molar-refractivity contribution in [3.63, 3.8) is 0 Å². The minimum absolute atomic E-state index is 0.0342. The van der Waals surface area contributed by atoms with Gasteiger partial charge in [0.2, 0.25) is 0 Å². The summed E-state index contributed by atoms with van der Waals surface area (Å²) in [6, 6.07) is -0.323. The van der Waals surface area contributed by atoms with Crippen LogP contribution in [0, 0.1) is 5.92 Å². The Morgan fingerprint density at radius 3 is 1.88 bits per heavy atom. The molecule has 0 aromatic rings. The van der Waals surface area contributed by atoms with Crippen molar-refractivity contribution in [2.24, 2.45) is 5.92 Å². The fourth-order valence-electron chi connectivity index (χ4n) is 1.68. The molecule has 0 atom stereocenters. The minimum Gasteiger partial charge on any atom is -0.332 e. The predicted molar refractivity (Wildman–Crippen MR) is 57.0 cm³/mol. The standard InChI is InChI=1S/C11H20F3NO/c1-5-9(6-2)15(7-8(3)4)10(16)11(12,13)14/h8-9H,5-7H2,1-4H3. The van der Waals surface area contributed by atoms with E-state index in [1.165, 1.54) is 0 Å². The van der Waals surface area contributed by atoms with Gasteiger partial charge in [-0.1, -0.05) is 27.7 Å². The van der Waals surface area contributed by atoms with Gasteiger partial charge in [-0.3, -0.25) is 4.79 Å². The van der Waals surface area contributed by atoms with E-state index in [-0.39, 0.29) is 18.5 Å². The summed E-state index contributed by atoms with van der Waals surface area (Å²) in [7, 11) is 0. The average Bonchev–Trinajstić information content (AvgIpc) is 2.15. The van der Waals surface area contributed by atoms with Gasteiger partial charge >= 0.3 is 12.1 Å². The summed E-state index contributed by atoms with van der Waals surface area (Å²) in [4.78, 5) is 12.2. The molecule has 16 heavy (non-hydrogen) atoms. The molecule has 96 valence electrons. The van der Waals surface area contributed by atoms with Gasteiger partial charge in [0.15, 0.2) is 0 Å². The Kier molecular flexibility index (Phi) is 5.83. The number of rotatable bonds is 5. The van der Waals surface area contributed by atoms with Crippen molar-refractivity contribution < 1.29 is 18.0 Å². The second-order valence-corrected chi connectivity index (χ2v) is 4.32. The predicted octanol–water partition coefficient (Wildman–Crippen LogP) is 3.22. The van der Waals surface area contributed by atoms with E-state index in [0.717, 1.165) is 4.90 Å². The molecule has 0 rings (SSSR count). The maximum atomic E-state index is 12.4. The van der Waals surface area contributed by atoms with Crippen LogP contribution < -0.4 is 0 Å². The van der Waals surface area contributed by atoms with Crippen molar-refractivity contribution in [3.8, 4) is 0 Å². The summed E-state index contributed by atoms with van der Waals surface area (Å²) in [5.41, 5.74) is 0. The summed E-state index contributed by atoms with van der Waals surface area (Å²) >= 11 is 0. The van der Waals surface area contributed by atoms with Crippen LogP contribution >= 0.6 is 0 Å². The molecule has 2 nitrogen and oxygen atoms in total. The van der Waals surface area contributed by atoms with E-state index in [2.05, 4.69) is 0 Å². The summed E-state index contributed by atoms with van der Waals surface area (Å²) in [6.07, 6.45) is -3.67. The van der Waals surface area contributed by atoms with Crippen LogP contribution in [0.2, 0.25) is 0 Å². The molecule has 0 N–H and O–H groups in total. The number of nitrogens with zero attached hydrogens (tertiary/aromatic N) is 1. The van der Waals surface area contributed by atoms with Gasteiger partial charge < -0.3 is 4.90 Å². The summed E-state index contributed by atoms with van der Waals surface area (Å²) in [5.74, 6) is -1.68. The maximum Gasteiger partial charge on any atom is 0.471 e. The van der Waals surface area contributed by atoms with Gasteiger partial charge in [-0.15, -0.1) is 0 Å². The lowest BCUT2D eigenvalue weighted by Crippen LogP contribution is -2.48. The fraction of sp³-hybridized carbons (Fsp3) is 0.909. The van der Waals surface area contributed by atoms with Crippen LogP contribution in [-0.4, -0.2) is 29.6 Å². The molecule has 0 radical (unpaired) electrons. The van der Waals surface area contributed by atoms with E-state index in [4.69, 9.17) is 0 Å². The lowest BCUT2D eigenvalue weighted by Gasteiger charge is -2.32. The van der Waals surface area contributed by atoms with Crippen molar-refractivity contribution in [3.05, 3.63) is 0 Å². The molecule has 0 aliphatic heterocycles. The van der Waals surface area contributed by atoms with Crippen LogP contribution in [0.5, 0.6) is 0 Å². The van der Waals surface area contributed by atoms with Crippen LogP contribution in [-0.2, 0) is 4.79 Å². The number of alkyl halides is 3. The van der Waals surface area contributed by atoms with Crippen molar-refractivity contribution in [2.75, 3.05) is 6.54 Å². The van der Waals surface area contributed by atoms with E-state index >= 15 is 0 Å². The van der Waals surface area contributed by atoms with Crippen molar-refractivity contribution in [2.45, 2.75) is 52.8 Å². The molecule has 5 heteroatoms. The molecule has 1 amide bonds. The number of halogens is 3. The number of carbonyl (C=O) groups excluding carboxylic acids is 1. The second kappa shape index (κ2) is 6.11. The quantitative estimate of drug-likeness (QED) is 0.721. The summed E-state index contributed by atoms with van der Waals surface area (Å²) < 4.78 is 37.2. The van der Waals surface area contributed by atoms with Crippen LogP contribution in [0.1, 0.15) is 40.5 Å². The number of carbonyl (C=O) groups is 1. The molecule has 0 unspecified atom stereocenters. The second-order valence-electron chi connectivity index (χ2n) is 4.32. The molecule has 0 aromatic heterocycles. The zero-order valence-electron chi connectivity index (χ0n) is 10.3. The van der Waals surface area contributed by atoms with Gasteiger partial charge in [0, 0.05) is 12.6 Å². The number of hydrogen-bond donors (Lipinski definition) is 0. The topological polar surface area (TPSA) is 20.3 Å². The monoisotopic (exact) mass is 239 g/mol. The molecular formula is C11H20F3NO. The highest BCUT2D eigenvalue weighted by Gasteiger charge is 2.44. The Morgan fingerprint density at radius 2 is 1.62 bits per heavy atom. The highest BCUT2D eigenvalue weighted by Crippen LogP contribution is 2.22.